The molecule has 2 nitrogen and oxygen atoms in total. The number of hydrogen-bond donors (Lipinski definition) is 0. The molecule has 1 aliphatic rings. The third-order valence-corrected chi connectivity index (χ3v) is 10.3. The molecule has 0 atom stereocenters. The minimum absolute atomic E-state index is 0.558. The smallest absolute Gasteiger partial charge is 0.140 e. The highest BCUT2D eigenvalue weighted by molar-refractivity contribution is 6.11. The van der Waals surface area contributed by atoms with Gasteiger partial charge in [-0.15, -0.1) is 0 Å². The number of rotatable bonds is 4. The molecule has 8 aromatic carbocycles. The fourth-order valence-electron chi connectivity index (χ4n) is 8.26. The van der Waals surface area contributed by atoms with Crippen LogP contribution in [0.5, 0.6) is 11.5 Å². The van der Waals surface area contributed by atoms with Gasteiger partial charge in [-0.2, -0.15) is 0 Å². The van der Waals surface area contributed by atoms with Crippen molar-refractivity contribution in [3.63, 3.8) is 0 Å². The minimum Gasteiger partial charge on any atom is -0.456 e. The number of para-hydroxylation sites is 3. The number of hydrogen-bond acceptors (Lipinski definition) is 1. The standard InChI is InChI=1S/C47H31NO/c1-3-17-34(18-4-1)47(35-19-5-2-6-20-35)40-24-10-12-28-45(40)49-46-37(23-14-25-41(46)47)33-29-30-44-39(31-33)38-22-9-11-26-43(38)48(44)42-27-13-16-32-15-7-8-21-36(32)42/h1-31H. The zero-order chi connectivity index (χ0) is 32.4. The van der Waals surface area contributed by atoms with Crippen molar-refractivity contribution in [1.82, 2.24) is 4.57 Å². The number of fused-ring (bicyclic) bond motifs is 6. The zero-order valence-electron chi connectivity index (χ0n) is 26.8. The third-order valence-electron chi connectivity index (χ3n) is 10.3. The van der Waals surface area contributed by atoms with Crippen molar-refractivity contribution in [3.8, 4) is 28.3 Å². The minimum atomic E-state index is -0.558. The first kappa shape index (κ1) is 27.7. The second kappa shape index (κ2) is 10.8. The van der Waals surface area contributed by atoms with Gasteiger partial charge in [0, 0.05) is 32.8 Å². The van der Waals surface area contributed by atoms with E-state index in [1.807, 2.05) is 0 Å². The lowest BCUT2D eigenvalue weighted by Crippen LogP contribution is -2.34. The van der Waals surface area contributed by atoms with Crippen molar-refractivity contribution in [2.45, 2.75) is 5.41 Å². The predicted molar refractivity (Wildman–Crippen MR) is 202 cm³/mol. The molecule has 0 saturated carbocycles. The summed E-state index contributed by atoms with van der Waals surface area (Å²) in [6, 6.07) is 67.8. The maximum absolute atomic E-state index is 6.98. The van der Waals surface area contributed by atoms with Crippen molar-refractivity contribution < 1.29 is 4.74 Å². The highest BCUT2D eigenvalue weighted by Crippen LogP contribution is 2.57. The van der Waals surface area contributed by atoms with Crippen LogP contribution < -0.4 is 4.74 Å². The quantitative estimate of drug-likeness (QED) is 0.190. The van der Waals surface area contributed by atoms with Crippen molar-refractivity contribution >= 4 is 32.6 Å². The second-order valence-electron chi connectivity index (χ2n) is 12.8. The van der Waals surface area contributed by atoms with Gasteiger partial charge in [-0.05, 0) is 52.4 Å². The van der Waals surface area contributed by atoms with Gasteiger partial charge in [-0.3, -0.25) is 0 Å². The van der Waals surface area contributed by atoms with Gasteiger partial charge in [-0.25, -0.2) is 0 Å². The van der Waals surface area contributed by atoms with Crippen LogP contribution in [0.25, 0.3) is 49.4 Å². The molecule has 0 aliphatic carbocycles. The molecule has 0 radical (unpaired) electrons. The van der Waals surface area contributed by atoms with Crippen LogP contribution in [0.15, 0.2) is 188 Å². The highest BCUT2D eigenvalue weighted by Gasteiger charge is 2.45. The molecule has 0 amide bonds. The van der Waals surface area contributed by atoms with Crippen molar-refractivity contribution in [3.05, 3.63) is 210 Å². The zero-order valence-corrected chi connectivity index (χ0v) is 26.8. The summed E-state index contributed by atoms with van der Waals surface area (Å²) in [7, 11) is 0. The van der Waals surface area contributed by atoms with Crippen LogP contribution in [0.3, 0.4) is 0 Å². The van der Waals surface area contributed by atoms with E-state index in [-0.39, 0.29) is 0 Å². The van der Waals surface area contributed by atoms with Crippen LogP contribution >= 0.6 is 0 Å². The van der Waals surface area contributed by atoms with Gasteiger partial charge in [0.05, 0.1) is 22.1 Å². The van der Waals surface area contributed by atoms with E-state index in [9.17, 15) is 0 Å². The van der Waals surface area contributed by atoms with Crippen LogP contribution in [0, 0.1) is 0 Å². The Morgan fingerprint density at radius 2 is 1.04 bits per heavy atom. The maximum Gasteiger partial charge on any atom is 0.140 e. The topological polar surface area (TPSA) is 14.2 Å². The summed E-state index contributed by atoms with van der Waals surface area (Å²) >= 11 is 0. The van der Waals surface area contributed by atoms with E-state index in [4.69, 9.17) is 4.74 Å². The summed E-state index contributed by atoms with van der Waals surface area (Å²) in [5.74, 6) is 1.77. The number of aromatic nitrogens is 1. The van der Waals surface area contributed by atoms with E-state index >= 15 is 0 Å². The summed E-state index contributed by atoms with van der Waals surface area (Å²) in [6.45, 7) is 0. The molecule has 0 spiro atoms. The average Bonchev–Trinajstić information content (AvgIpc) is 3.50. The summed E-state index contributed by atoms with van der Waals surface area (Å²) < 4.78 is 9.39. The number of nitrogens with zero attached hydrogens (tertiary/aromatic N) is 1. The van der Waals surface area contributed by atoms with E-state index in [1.165, 1.54) is 49.4 Å². The molecular weight excluding hydrogens is 595 g/mol. The fraction of sp³-hybridized carbons (Fsp3) is 0.0213. The SMILES string of the molecule is c1ccc(C2(c3ccccc3)c3ccccc3Oc3c(-c4ccc5c(c4)c4ccccc4n5-c4cccc5ccccc45)cccc32)cc1. The molecule has 0 fully saturated rings. The average molecular weight is 626 g/mol. The van der Waals surface area contributed by atoms with E-state index in [0.717, 1.165) is 33.8 Å². The molecule has 0 bridgehead atoms. The Balaban J connectivity index is 1.25. The normalized spacial score (nSPS) is 13.2. The lowest BCUT2D eigenvalue weighted by molar-refractivity contribution is 0.436. The molecule has 2 heterocycles. The lowest BCUT2D eigenvalue weighted by atomic mass is 9.63. The first-order valence-electron chi connectivity index (χ1n) is 16.9. The molecule has 10 rings (SSSR count). The Labute approximate surface area is 285 Å². The van der Waals surface area contributed by atoms with Gasteiger partial charge in [-0.1, -0.05) is 158 Å². The number of ether oxygens (including phenoxy) is 1. The Kier molecular flexibility index (Phi) is 6.13. The van der Waals surface area contributed by atoms with Gasteiger partial charge < -0.3 is 9.30 Å². The van der Waals surface area contributed by atoms with Crippen molar-refractivity contribution in [2.24, 2.45) is 0 Å². The number of benzene rings is 8. The molecule has 49 heavy (non-hydrogen) atoms. The van der Waals surface area contributed by atoms with E-state index in [2.05, 4.69) is 193 Å². The maximum atomic E-state index is 6.98. The van der Waals surface area contributed by atoms with Crippen molar-refractivity contribution in [2.75, 3.05) is 0 Å². The van der Waals surface area contributed by atoms with Crippen LogP contribution in [0.2, 0.25) is 0 Å². The van der Waals surface area contributed by atoms with Gasteiger partial charge in [0.1, 0.15) is 11.5 Å². The third kappa shape index (κ3) is 4.01. The molecule has 1 aliphatic heterocycles. The van der Waals surface area contributed by atoms with E-state index in [0.29, 0.717) is 0 Å². The Hall–Kier alpha value is -6.38. The summed E-state index contributed by atoms with van der Waals surface area (Å²) in [6.07, 6.45) is 0. The van der Waals surface area contributed by atoms with E-state index in [1.54, 1.807) is 0 Å². The van der Waals surface area contributed by atoms with Crippen LogP contribution in [0.1, 0.15) is 22.3 Å². The van der Waals surface area contributed by atoms with Gasteiger partial charge >= 0.3 is 0 Å². The van der Waals surface area contributed by atoms with Gasteiger partial charge in [0.15, 0.2) is 0 Å². The van der Waals surface area contributed by atoms with Gasteiger partial charge in [0.25, 0.3) is 0 Å². The molecule has 230 valence electrons. The molecule has 0 unspecified atom stereocenters. The molecular formula is C47H31NO. The Bertz CT molecular complexity index is 2640. The fourth-order valence-corrected chi connectivity index (χ4v) is 8.26. The molecule has 1 aromatic heterocycles. The molecule has 9 aromatic rings. The summed E-state index contributed by atoms with van der Waals surface area (Å²) in [5.41, 5.74) is 9.91. The van der Waals surface area contributed by atoms with Gasteiger partial charge in [0.2, 0.25) is 0 Å². The largest absolute Gasteiger partial charge is 0.456 e. The first-order valence-corrected chi connectivity index (χ1v) is 16.9. The molecule has 0 saturated heterocycles. The van der Waals surface area contributed by atoms with Crippen LogP contribution in [0.4, 0.5) is 0 Å². The lowest BCUT2D eigenvalue weighted by Gasteiger charge is -2.42. The highest BCUT2D eigenvalue weighted by atomic mass is 16.5. The molecule has 0 N–H and O–H groups in total. The summed E-state index contributed by atoms with van der Waals surface area (Å²) in [4.78, 5) is 0. The van der Waals surface area contributed by atoms with Crippen LogP contribution in [-0.2, 0) is 5.41 Å². The Morgan fingerprint density at radius 3 is 1.86 bits per heavy atom. The molecule has 2 heteroatoms. The second-order valence-corrected chi connectivity index (χ2v) is 12.8. The van der Waals surface area contributed by atoms with Crippen LogP contribution in [-0.4, -0.2) is 4.57 Å². The van der Waals surface area contributed by atoms with Crippen molar-refractivity contribution in [1.29, 1.82) is 0 Å². The summed E-state index contributed by atoms with van der Waals surface area (Å²) in [5, 5.41) is 4.91. The monoisotopic (exact) mass is 625 g/mol. The Morgan fingerprint density at radius 1 is 0.429 bits per heavy atom. The predicted octanol–water partition coefficient (Wildman–Crippen LogP) is 12.1. The first-order chi connectivity index (χ1) is 24.3. The van der Waals surface area contributed by atoms with E-state index < -0.39 is 5.41 Å².